The SMILES string of the molecule is c1ccc(COCCOCCOCCOCCOCCOCCOCCOCCOCCOC(c2ccccc2)(c2ccccc2)c2ccccc2)cc1. The lowest BCUT2D eigenvalue weighted by atomic mass is 9.80. The van der Waals surface area contributed by atoms with Crippen molar-refractivity contribution in [3.05, 3.63) is 144 Å². The fraction of sp³-hybridized carbons (Fsp3) is 0.455. The third-order valence-electron chi connectivity index (χ3n) is 8.17. The molecule has 4 aromatic carbocycles. The first kappa shape index (κ1) is 43.2. The molecule has 4 rings (SSSR count). The molecule has 0 saturated heterocycles. The van der Waals surface area contributed by atoms with Crippen LogP contribution in [0.4, 0.5) is 0 Å². The van der Waals surface area contributed by atoms with E-state index in [2.05, 4.69) is 36.4 Å². The van der Waals surface area contributed by atoms with Gasteiger partial charge in [-0.15, -0.1) is 0 Å². The van der Waals surface area contributed by atoms with E-state index in [0.717, 1.165) is 22.3 Å². The number of hydrogen-bond donors (Lipinski definition) is 0. The van der Waals surface area contributed by atoms with Gasteiger partial charge in [0.1, 0.15) is 5.60 Å². The summed E-state index contributed by atoms with van der Waals surface area (Å²) >= 11 is 0. The van der Waals surface area contributed by atoms with Gasteiger partial charge in [0.25, 0.3) is 0 Å². The van der Waals surface area contributed by atoms with Crippen molar-refractivity contribution < 1.29 is 47.4 Å². The minimum Gasteiger partial charge on any atom is -0.377 e. The van der Waals surface area contributed by atoms with Crippen molar-refractivity contribution in [3.63, 3.8) is 0 Å². The van der Waals surface area contributed by atoms with Crippen molar-refractivity contribution in [2.75, 3.05) is 119 Å². The van der Waals surface area contributed by atoms with Crippen LogP contribution in [-0.2, 0) is 59.6 Å². The molecule has 0 amide bonds. The molecule has 294 valence electrons. The first-order chi connectivity index (χ1) is 26.9. The van der Waals surface area contributed by atoms with Gasteiger partial charge in [0.05, 0.1) is 126 Å². The van der Waals surface area contributed by atoms with E-state index in [0.29, 0.717) is 126 Å². The van der Waals surface area contributed by atoms with Crippen LogP contribution < -0.4 is 0 Å². The Labute approximate surface area is 321 Å². The maximum atomic E-state index is 6.73. The molecule has 0 aliphatic heterocycles. The molecule has 0 aliphatic rings. The van der Waals surface area contributed by atoms with E-state index in [4.69, 9.17) is 47.4 Å². The molecule has 0 aromatic heterocycles. The zero-order valence-electron chi connectivity index (χ0n) is 31.6. The third kappa shape index (κ3) is 17.3. The van der Waals surface area contributed by atoms with Gasteiger partial charge < -0.3 is 47.4 Å². The molecule has 0 aliphatic carbocycles. The van der Waals surface area contributed by atoms with E-state index in [1.165, 1.54) is 0 Å². The van der Waals surface area contributed by atoms with Gasteiger partial charge in [-0.2, -0.15) is 0 Å². The summed E-state index contributed by atoms with van der Waals surface area (Å²) in [5.41, 5.74) is 3.62. The molecule has 0 N–H and O–H groups in total. The quantitative estimate of drug-likeness (QED) is 0.0406. The number of hydrogen-bond acceptors (Lipinski definition) is 10. The predicted octanol–water partition coefficient (Wildman–Crippen LogP) is 6.34. The summed E-state index contributed by atoms with van der Waals surface area (Å²) in [5.74, 6) is 0. The number of ether oxygens (including phenoxy) is 10. The molecule has 10 heteroatoms. The van der Waals surface area contributed by atoms with Crippen LogP contribution >= 0.6 is 0 Å². The Morgan fingerprint density at radius 3 is 0.796 bits per heavy atom. The van der Waals surface area contributed by atoms with Gasteiger partial charge in [-0.1, -0.05) is 121 Å². The molecular weight excluding hydrogens is 688 g/mol. The van der Waals surface area contributed by atoms with Crippen LogP contribution in [0.15, 0.2) is 121 Å². The van der Waals surface area contributed by atoms with E-state index in [1.807, 2.05) is 84.9 Å². The molecule has 0 heterocycles. The van der Waals surface area contributed by atoms with Crippen LogP contribution in [0.2, 0.25) is 0 Å². The molecule has 54 heavy (non-hydrogen) atoms. The highest BCUT2D eigenvalue weighted by molar-refractivity contribution is 5.47. The normalized spacial score (nSPS) is 11.6. The Morgan fingerprint density at radius 1 is 0.259 bits per heavy atom. The van der Waals surface area contributed by atoms with Gasteiger partial charge in [-0.05, 0) is 22.3 Å². The van der Waals surface area contributed by atoms with Crippen molar-refractivity contribution in [1.29, 1.82) is 0 Å². The molecule has 0 saturated carbocycles. The zero-order valence-corrected chi connectivity index (χ0v) is 31.6. The van der Waals surface area contributed by atoms with Crippen LogP contribution in [0, 0.1) is 0 Å². The van der Waals surface area contributed by atoms with Crippen molar-refractivity contribution in [3.8, 4) is 0 Å². The van der Waals surface area contributed by atoms with Crippen molar-refractivity contribution >= 4 is 0 Å². The Morgan fingerprint density at radius 2 is 0.500 bits per heavy atom. The molecule has 4 aromatic rings. The lowest BCUT2D eigenvalue weighted by molar-refractivity contribution is -0.0399. The summed E-state index contributed by atoms with van der Waals surface area (Å²) < 4.78 is 57.0. The Hall–Kier alpha value is -3.52. The maximum Gasteiger partial charge on any atom is 0.143 e. The van der Waals surface area contributed by atoms with E-state index in [1.54, 1.807) is 0 Å². The average Bonchev–Trinajstić information content (AvgIpc) is 3.23. The van der Waals surface area contributed by atoms with Gasteiger partial charge in [0, 0.05) is 0 Å². The van der Waals surface area contributed by atoms with Crippen LogP contribution in [0.25, 0.3) is 0 Å². The van der Waals surface area contributed by atoms with E-state index in [9.17, 15) is 0 Å². The number of benzene rings is 4. The summed E-state index contributed by atoms with van der Waals surface area (Å²) in [6.45, 7) is 9.65. The van der Waals surface area contributed by atoms with Gasteiger partial charge in [0.2, 0.25) is 0 Å². The highest BCUT2D eigenvalue weighted by Gasteiger charge is 2.37. The predicted molar refractivity (Wildman–Crippen MR) is 208 cm³/mol. The van der Waals surface area contributed by atoms with Crippen LogP contribution in [0.1, 0.15) is 22.3 Å². The summed E-state index contributed by atoms with van der Waals surface area (Å²) in [4.78, 5) is 0. The highest BCUT2D eigenvalue weighted by atomic mass is 16.6. The first-order valence-electron chi connectivity index (χ1n) is 18.9. The molecule has 10 nitrogen and oxygen atoms in total. The van der Waals surface area contributed by atoms with Crippen LogP contribution in [0.3, 0.4) is 0 Å². The lowest BCUT2D eigenvalue weighted by Crippen LogP contribution is -2.34. The summed E-state index contributed by atoms with van der Waals surface area (Å²) in [6.07, 6.45) is 0. The van der Waals surface area contributed by atoms with E-state index >= 15 is 0 Å². The summed E-state index contributed by atoms with van der Waals surface area (Å²) in [7, 11) is 0. The minimum atomic E-state index is -0.750. The van der Waals surface area contributed by atoms with Crippen molar-refractivity contribution in [1.82, 2.24) is 0 Å². The van der Waals surface area contributed by atoms with Crippen LogP contribution in [0.5, 0.6) is 0 Å². The van der Waals surface area contributed by atoms with Gasteiger partial charge in [-0.25, -0.2) is 0 Å². The second-order valence-corrected chi connectivity index (χ2v) is 12.1. The highest BCUT2D eigenvalue weighted by Crippen LogP contribution is 2.40. The van der Waals surface area contributed by atoms with Crippen molar-refractivity contribution in [2.24, 2.45) is 0 Å². The van der Waals surface area contributed by atoms with Gasteiger partial charge in [-0.3, -0.25) is 0 Å². The third-order valence-corrected chi connectivity index (χ3v) is 8.17. The molecule has 0 unspecified atom stereocenters. The van der Waals surface area contributed by atoms with E-state index < -0.39 is 5.60 Å². The summed E-state index contributed by atoms with van der Waals surface area (Å²) in [6, 6.07) is 41.1. The Balaban J connectivity index is 0.890. The fourth-order valence-electron chi connectivity index (χ4n) is 5.55. The van der Waals surface area contributed by atoms with Crippen molar-refractivity contribution in [2.45, 2.75) is 12.2 Å². The smallest absolute Gasteiger partial charge is 0.143 e. The second-order valence-electron chi connectivity index (χ2n) is 12.1. The molecule has 0 atom stereocenters. The average molecular weight is 747 g/mol. The zero-order chi connectivity index (χ0) is 37.5. The molecule has 0 radical (unpaired) electrons. The molecule has 0 spiro atoms. The minimum absolute atomic E-state index is 0.418. The van der Waals surface area contributed by atoms with Gasteiger partial charge >= 0.3 is 0 Å². The second kappa shape index (κ2) is 28.9. The van der Waals surface area contributed by atoms with Crippen LogP contribution in [-0.4, -0.2) is 119 Å². The standard InChI is InChI=1S/C44H58O10/c1-5-13-40(14-6-1)39-53-36-35-51-32-31-49-28-27-47-24-23-45-21-22-46-25-26-48-29-30-50-33-34-52-37-38-54-44(41-15-7-2-8-16-41,42-17-9-3-10-18-42)43-19-11-4-12-20-43/h1-20H,21-39H2. The first-order valence-corrected chi connectivity index (χ1v) is 18.9. The largest absolute Gasteiger partial charge is 0.377 e. The maximum absolute atomic E-state index is 6.73. The Kier molecular flexibility index (Phi) is 23.1. The topological polar surface area (TPSA) is 92.3 Å². The molecular formula is C44H58O10. The summed E-state index contributed by atoms with van der Waals surface area (Å²) in [5, 5.41) is 0. The number of rotatable bonds is 33. The van der Waals surface area contributed by atoms with E-state index in [-0.39, 0.29) is 0 Å². The molecule has 0 bridgehead atoms. The fourth-order valence-corrected chi connectivity index (χ4v) is 5.55. The van der Waals surface area contributed by atoms with Gasteiger partial charge in [0.15, 0.2) is 0 Å². The monoisotopic (exact) mass is 746 g/mol. The lowest BCUT2D eigenvalue weighted by Gasteiger charge is -2.36. The molecule has 0 fully saturated rings. The Bertz CT molecular complexity index is 1320.